The standard InChI is InChI=1S/C21H19ClF3N3O3/c1-29-17-11-18(30-2)16(10-15(17)22)26-12-5-3-6-13(9-12)28-20-14(7-4-8-31-20)19(27-28)21(23,24)25/h3,5-6,9-11,26H,4,7-8H2,1-2H3. The zero-order valence-corrected chi connectivity index (χ0v) is 17.5. The van der Waals surface area contributed by atoms with Crippen molar-refractivity contribution in [2.45, 2.75) is 19.0 Å². The van der Waals surface area contributed by atoms with Gasteiger partial charge in [-0.1, -0.05) is 17.7 Å². The van der Waals surface area contributed by atoms with Crippen molar-refractivity contribution in [2.75, 3.05) is 26.1 Å². The third kappa shape index (κ3) is 4.10. The molecule has 0 fully saturated rings. The molecule has 1 aromatic heterocycles. The summed E-state index contributed by atoms with van der Waals surface area (Å²) in [4.78, 5) is 0. The van der Waals surface area contributed by atoms with Crippen LogP contribution in [0.25, 0.3) is 5.69 Å². The molecule has 164 valence electrons. The molecule has 10 heteroatoms. The number of methoxy groups -OCH3 is 2. The molecule has 31 heavy (non-hydrogen) atoms. The molecule has 0 amide bonds. The van der Waals surface area contributed by atoms with Crippen molar-refractivity contribution in [2.24, 2.45) is 0 Å². The Balaban J connectivity index is 1.72. The van der Waals surface area contributed by atoms with Crippen LogP contribution in [0.3, 0.4) is 0 Å². The van der Waals surface area contributed by atoms with Crippen molar-refractivity contribution < 1.29 is 27.4 Å². The fourth-order valence-corrected chi connectivity index (χ4v) is 3.70. The van der Waals surface area contributed by atoms with Gasteiger partial charge in [-0.2, -0.15) is 18.3 Å². The average molecular weight is 454 g/mol. The number of nitrogens with zero attached hydrogens (tertiary/aromatic N) is 2. The van der Waals surface area contributed by atoms with E-state index in [2.05, 4.69) is 10.4 Å². The van der Waals surface area contributed by atoms with Crippen LogP contribution in [0, 0.1) is 0 Å². The highest BCUT2D eigenvalue weighted by Crippen LogP contribution is 2.40. The minimum atomic E-state index is -4.56. The first kappa shape index (κ1) is 21.2. The van der Waals surface area contributed by atoms with Gasteiger partial charge in [-0.05, 0) is 37.1 Å². The SMILES string of the molecule is COc1cc(OC)c(Nc2cccc(-n3nc(C(F)(F)F)c4c3OCCC4)c2)cc1Cl. The lowest BCUT2D eigenvalue weighted by Gasteiger charge is -2.17. The maximum atomic E-state index is 13.5. The molecular formula is C21H19ClF3N3O3. The van der Waals surface area contributed by atoms with E-state index in [0.717, 1.165) is 0 Å². The third-order valence-electron chi connectivity index (χ3n) is 4.86. The van der Waals surface area contributed by atoms with Gasteiger partial charge in [0.05, 0.1) is 37.2 Å². The van der Waals surface area contributed by atoms with E-state index in [1.54, 1.807) is 36.4 Å². The quantitative estimate of drug-likeness (QED) is 0.542. The van der Waals surface area contributed by atoms with Crippen LogP contribution in [-0.2, 0) is 12.6 Å². The monoisotopic (exact) mass is 453 g/mol. The van der Waals surface area contributed by atoms with E-state index in [1.807, 2.05) is 0 Å². The predicted octanol–water partition coefficient (Wildman–Crippen LogP) is 5.63. The molecular weight excluding hydrogens is 435 g/mol. The second kappa shape index (κ2) is 8.22. The molecule has 0 saturated carbocycles. The third-order valence-corrected chi connectivity index (χ3v) is 5.15. The van der Waals surface area contributed by atoms with Gasteiger partial charge in [0.15, 0.2) is 5.69 Å². The Morgan fingerprint density at radius 2 is 1.90 bits per heavy atom. The van der Waals surface area contributed by atoms with E-state index in [4.69, 9.17) is 25.8 Å². The lowest BCUT2D eigenvalue weighted by molar-refractivity contribution is -0.142. The maximum Gasteiger partial charge on any atom is 0.435 e. The fourth-order valence-electron chi connectivity index (χ4n) is 3.46. The van der Waals surface area contributed by atoms with Crippen LogP contribution in [-0.4, -0.2) is 30.6 Å². The number of alkyl halides is 3. The summed E-state index contributed by atoms with van der Waals surface area (Å²) < 4.78 is 57.7. The van der Waals surface area contributed by atoms with Gasteiger partial charge >= 0.3 is 6.18 Å². The molecule has 2 heterocycles. The summed E-state index contributed by atoms with van der Waals surface area (Å²) >= 11 is 6.22. The minimum absolute atomic E-state index is 0.0840. The molecule has 0 radical (unpaired) electrons. The van der Waals surface area contributed by atoms with Gasteiger partial charge in [0.1, 0.15) is 11.5 Å². The van der Waals surface area contributed by atoms with E-state index >= 15 is 0 Å². The van der Waals surface area contributed by atoms with Gasteiger partial charge in [0, 0.05) is 17.3 Å². The van der Waals surface area contributed by atoms with E-state index in [-0.39, 0.29) is 17.9 Å². The zero-order valence-electron chi connectivity index (χ0n) is 16.7. The molecule has 3 aromatic rings. The molecule has 0 saturated heterocycles. The van der Waals surface area contributed by atoms with E-state index < -0.39 is 11.9 Å². The smallest absolute Gasteiger partial charge is 0.435 e. The average Bonchev–Trinajstić information content (AvgIpc) is 3.14. The highest BCUT2D eigenvalue weighted by Gasteiger charge is 2.40. The van der Waals surface area contributed by atoms with Crippen LogP contribution in [0.15, 0.2) is 36.4 Å². The number of aromatic nitrogens is 2. The molecule has 1 aliphatic rings. The molecule has 0 aliphatic carbocycles. The largest absolute Gasteiger partial charge is 0.495 e. The lowest BCUT2D eigenvalue weighted by atomic mass is 10.1. The first-order chi connectivity index (χ1) is 14.8. The van der Waals surface area contributed by atoms with Crippen LogP contribution in [0.2, 0.25) is 5.02 Å². The number of nitrogens with one attached hydrogen (secondary N) is 1. The van der Waals surface area contributed by atoms with Gasteiger partial charge in [-0.25, -0.2) is 4.68 Å². The van der Waals surface area contributed by atoms with Crippen LogP contribution >= 0.6 is 11.6 Å². The fraction of sp³-hybridized carbons (Fsp3) is 0.286. The molecule has 6 nitrogen and oxygen atoms in total. The van der Waals surface area contributed by atoms with Crippen molar-refractivity contribution in [3.8, 4) is 23.1 Å². The molecule has 1 aliphatic heterocycles. The Labute approximate surface area is 181 Å². The highest BCUT2D eigenvalue weighted by atomic mass is 35.5. The summed E-state index contributed by atoms with van der Waals surface area (Å²) in [6, 6.07) is 10.1. The zero-order chi connectivity index (χ0) is 22.2. The molecule has 1 N–H and O–H groups in total. The van der Waals surface area contributed by atoms with Gasteiger partial charge in [0.2, 0.25) is 5.88 Å². The van der Waals surface area contributed by atoms with Crippen LogP contribution in [0.5, 0.6) is 17.4 Å². The van der Waals surface area contributed by atoms with Crippen LogP contribution in [0.1, 0.15) is 17.7 Å². The van der Waals surface area contributed by atoms with Gasteiger partial charge in [-0.3, -0.25) is 0 Å². The number of ether oxygens (including phenoxy) is 3. The number of hydrogen-bond acceptors (Lipinski definition) is 5. The maximum absolute atomic E-state index is 13.5. The summed E-state index contributed by atoms with van der Waals surface area (Å²) in [7, 11) is 3.01. The van der Waals surface area contributed by atoms with Crippen molar-refractivity contribution in [3.05, 3.63) is 52.7 Å². The molecule has 0 spiro atoms. The summed E-state index contributed by atoms with van der Waals surface area (Å²) in [6.07, 6.45) is -3.77. The first-order valence-corrected chi connectivity index (χ1v) is 9.80. The summed E-state index contributed by atoms with van der Waals surface area (Å²) in [6.45, 7) is 0.343. The summed E-state index contributed by atoms with van der Waals surface area (Å²) in [5.74, 6) is 1.07. The minimum Gasteiger partial charge on any atom is -0.495 e. The van der Waals surface area contributed by atoms with Crippen LogP contribution in [0.4, 0.5) is 24.5 Å². The predicted molar refractivity (Wildman–Crippen MR) is 110 cm³/mol. The molecule has 0 atom stereocenters. The second-order valence-corrected chi connectivity index (χ2v) is 7.26. The number of benzene rings is 2. The molecule has 4 rings (SSSR count). The number of anilines is 2. The van der Waals surface area contributed by atoms with Crippen molar-refractivity contribution in [1.82, 2.24) is 9.78 Å². The van der Waals surface area contributed by atoms with E-state index in [1.165, 1.54) is 18.9 Å². The first-order valence-electron chi connectivity index (χ1n) is 9.42. The Kier molecular flexibility index (Phi) is 5.62. The summed E-state index contributed by atoms with van der Waals surface area (Å²) in [5, 5.41) is 7.38. The normalized spacial score (nSPS) is 13.4. The number of rotatable bonds is 5. The lowest BCUT2D eigenvalue weighted by Crippen LogP contribution is -2.13. The molecule has 0 bridgehead atoms. The van der Waals surface area contributed by atoms with Gasteiger partial charge < -0.3 is 19.5 Å². The number of hydrogen-bond donors (Lipinski definition) is 1. The molecule has 0 unspecified atom stereocenters. The highest BCUT2D eigenvalue weighted by molar-refractivity contribution is 6.32. The number of fused-ring (bicyclic) bond motifs is 1. The number of halogens is 4. The molecule has 2 aromatic carbocycles. The Hall–Kier alpha value is -3.07. The van der Waals surface area contributed by atoms with E-state index in [9.17, 15) is 13.2 Å². The second-order valence-electron chi connectivity index (χ2n) is 6.86. The van der Waals surface area contributed by atoms with Gasteiger partial charge in [-0.15, -0.1) is 0 Å². The Morgan fingerprint density at radius 3 is 2.61 bits per heavy atom. The topological polar surface area (TPSA) is 57.5 Å². The van der Waals surface area contributed by atoms with Crippen molar-refractivity contribution >= 4 is 23.0 Å². The van der Waals surface area contributed by atoms with Crippen LogP contribution < -0.4 is 19.5 Å². The van der Waals surface area contributed by atoms with Crippen molar-refractivity contribution in [3.63, 3.8) is 0 Å². The van der Waals surface area contributed by atoms with E-state index in [0.29, 0.717) is 46.6 Å². The Bertz CT molecular complexity index is 1120. The van der Waals surface area contributed by atoms with Crippen molar-refractivity contribution in [1.29, 1.82) is 0 Å². The Morgan fingerprint density at radius 1 is 1.13 bits per heavy atom. The summed E-state index contributed by atoms with van der Waals surface area (Å²) in [5.41, 5.74) is 0.771. The van der Waals surface area contributed by atoms with Gasteiger partial charge in [0.25, 0.3) is 0 Å².